The number of nitrogens with one attached hydrogen (secondary N) is 3. The molecule has 216 valence electrons. The smallest absolute Gasteiger partial charge is 0.468 e. The Kier molecular flexibility index (Phi) is 11.3. The summed E-state index contributed by atoms with van der Waals surface area (Å²) in [7, 11) is 1.27. The van der Waals surface area contributed by atoms with Crippen LogP contribution in [0.1, 0.15) is 59.9 Å². The molecule has 0 spiro atoms. The highest BCUT2D eigenvalue weighted by atomic mass is 16.7. The molecule has 12 heteroatoms. The molecular weight excluding hydrogens is 508 g/mol. The zero-order valence-electron chi connectivity index (χ0n) is 23.7. The van der Waals surface area contributed by atoms with Crippen LogP contribution >= 0.6 is 0 Å². The number of hydrogen-bond donors (Lipinski definition) is 3. The van der Waals surface area contributed by atoms with Gasteiger partial charge in [-0.25, -0.2) is 10.2 Å². The van der Waals surface area contributed by atoms with Crippen LogP contribution in [0.25, 0.3) is 0 Å². The Morgan fingerprint density at radius 1 is 1.13 bits per heavy atom. The van der Waals surface area contributed by atoms with Gasteiger partial charge < -0.3 is 24.8 Å². The van der Waals surface area contributed by atoms with Gasteiger partial charge in [0.05, 0.1) is 7.11 Å². The number of benzene rings is 1. The number of hydrazine groups is 1. The molecule has 3 atom stereocenters. The van der Waals surface area contributed by atoms with E-state index in [9.17, 15) is 24.0 Å². The molecule has 1 heterocycles. The molecule has 0 saturated carbocycles. The third kappa shape index (κ3) is 10.2. The summed E-state index contributed by atoms with van der Waals surface area (Å²) in [6.07, 6.45) is 0.221. The van der Waals surface area contributed by atoms with Crippen molar-refractivity contribution in [2.24, 2.45) is 5.92 Å². The zero-order valence-corrected chi connectivity index (χ0v) is 23.7. The molecule has 12 nitrogen and oxygen atoms in total. The summed E-state index contributed by atoms with van der Waals surface area (Å²) in [4.78, 5) is 62.7. The number of methoxy groups -OCH3 is 1. The normalized spacial score (nSPS) is 17.0. The van der Waals surface area contributed by atoms with E-state index < -0.39 is 47.7 Å². The van der Waals surface area contributed by atoms with Gasteiger partial charge in [0.1, 0.15) is 29.5 Å². The van der Waals surface area contributed by atoms with E-state index in [2.05, 4.69) is 16.1 Å². The van der Waals surface area contributed by atoms with Gasteiger partial charge in [-0.05, 0) is 57.2 Å². The second-order valence-corrected chi connectivity index (χ2v) is 10.7. The number of nitrogens with zero attached hydrogens (tertiary/aromatic N) is 1. The predicted octanol–water partition coefficient (Wildman–Crippen LogP) is 1.86. The standard InChI is InChI=1S/C27H40N4O8/c1-16(2)22(28-17(3)32)23(33)29-21(24(34)31-13-9-12-20(30-31)25(35)37-7)15-18-10-8-11-19(14-18)38-26(36)39-27(4,5)6/h8,10-11,14,16,20-22,30H,9,12-13,15H2,1-7H3,(H,28,32)(H,29,33)/t20-,21-,22?/m0/s1. The lowest BCUT2D eigenvalue weighted by Crippen LogP contribution is -2.62. The fourth-order valence-electron chi connectivity index (χ4n) is 4.00. The molecule has 1 fully saturated rings. The Morgan fingerprint density at radius 3 is 2.41 bits per heavy atom. The highest BCUT2D eigenvalue weighted by Gasteiger charge is 2.34. The third-order valence-corrected chi connectivity index (χ3v) is 5.79. The lowest BCUT2D eigenvalue weighted by molar-refractivity contribution is -0.151. The summed E-state index contributed by atoms with van der Waals surface area (Å²) >= 11 is 0. The van der Waals surface area contributed by atoms with Crippen LogP contribution in [0.3, 0.4) is 0 Å². The van der Waals surface area contributed by atoms with Crippen LogP contribution in [0, 0.1) is 5.92 Å². The summed E-state index contributed by atoms with van der Waals surface area (Å²) < 4.78 is 15.3. The second-order valence-electron chi connectivity index (χ2n) is 10.7. The fraction of sp³-hybridized carbons (Fsp3) is 0.593. The first-order chi connectivity index (χ1) is 18.2. The molecule has 0 aromatic heterocycles. The first-order valence-corrected chi connectivity index (χ1v) is 12.9. The molecule has 1 unspecified atom stereocenters. The Balaban J connectivity index is 2.29. The quantitative estimate of drug-likeness (QED) is 0.310. The van der Waals surface area contributed by atoms with Gasteiger partial charge >= 0.3 is 12.1 Å². The molecular formula is C27H40N4O8. The number of ether oxygens (including phenoxy) is 3. The molecule has 1 aromatic carbocycles. The minimum atomic E-state index is -1.06. The topological polar surface area (TPSA) is 152 Å². The van der Waals surface area contributed by atoms with Crippen molar-refractivity contribution < 1.29 is 38.2 Å². The van der Waals surface area contributed by atoms with Gasteiger partial charge in [0.25, 0.3) is 5.91 Å². The van der Waals surface area contributed by atoms with E-state index in [1.54, 1.807) is 58.9 Å². The highest BCUT2D eigenvalue weighted by Crippen LogP contribution is 2.19. The van der Waals surface area contributed by atoms with E-state index in [4.69, 9.17) is 14.2 Å². The molecule has 3 N–H and O–H groups in total. The Bertz CT molecular complexity index is 1050. The maximum atomic E-state index is 13.6. The van der Waals surface area contributed by atoms with Crippen molar-refractivity contribution in [1.29, 1.82) is 0 Å². The van der Waals surface area contributed by atoms with Crippen molar-refractivity contribution in [3.05, 3.63) is 29.8 Å². The van der Waals surface area contributed by atoms with Gasteiger partial charge in [0.2, 0.25) is 11.8 Å². The van der Waals surface area contributed by atoms with Gasteiger partial charge in [0.15, 0.2) is 0 Å². The third-order valence-electron chi connectivity index (χ3n) is 5.79. The van der Waals surface area contributed by atoms with Gasteiger partial charge in [0, 0.05) is 19.9 Å². The fourth-order valence-corrected chi connectivity index (χ4v) is 4.00. The van der Waals surface area contributed by atoms with Crippen LogP contribution in [0.4, 0.5) is 4.79 Å². The Morgan fingerprint density at radius 2 is 1.82 bits per heavy atom. The van der Waals surface area contributed by atoms with Crippen molar-refractivity contribution >= 4 is 29.8 Å². The second kappa shape index (κ2) is 13.9. The number of rotatable bonds is 9. The maximum absolute atomic E-state index is 13.6. The van der Waals surface area contributed by atoms with Gasteiger partial charge in [-0.2, -0.15) is 0 Å². The first-order valence-electron chi connectivity index (χ1n) is 12.9. The molecule has 0 radical (unpaired) electrons. The van der Waals surface area contributed by atoms with Crippen molar-refractivity contribution in [3.8, 4) is 5.75 Å². The van der Waals surface area contributed by atoms with Crippen LogP contribution in [0.15, 0.2) is 24.3 Å². The average Bonchev–Trinajstić information content (AvgIpc) is 2.84. The first kappa shape index (κ1) is 31.5. The zero-order chi connectivity index (χ0) is 29.3. The van der Waals surface area contributed by atoms with E-state index in [1.165, 1.54) is 19.0 Å². The van der Waals surface area contributed by atoms with Crippen molar-refractivity contribution in [2.45, 2.75) is 84.5 Å². The summed E-state index contributed by atoms with van der Waals surface area (Å²) in [5, 5.41) is 6.69. The number of amides is 3. The largest absolute Gasteiger partial charge is 0.514 e. The number of hydrogen-bond acceptors (Lipinski definition) is 9. The Hall–Kier alpha value is -3.67. The van der Waals surface area contributed by atoms with E-state index in [-0.39, 0.29) is 24.0 Å². The van der Waals surface area contributed by atoms with Crippen molar-refractivity contribution in [1.82, 2.24) is 21.1 Å². The molecule has 0 aliphatic carbocycles. The minimum Gasteiger partial charge on any atom is -0.468 e. The van der Waals surface area contributed by atoms with Crippen molar-refractivity contribution in [2.75, 3.05) is 13.7 Å². The molecule has 1 aliphatic heterocycles. The van der Waals surface area contributed by atoms with Crippen LogP contribution in [-0.4, -0.2) is 72.2 Å². The molecule has 1 aromatic rings. The lowest BCUT2D eigenvalue weighted by Gasteiger charge is -2.35. The van der Waals surface area contributed by atoms with E-state index in [1.807, 2.05) is 0 Å². The molecule has 1 aliphatic rings. The van der Waals surface area contributed by atoms with Gasteiger partial charge in [-0.1, -0.05) is 26.0 Å². The molecule has 39 heavy (non-hydrogen) atoms. The Labute approximate surface area is 229 Å². The van der Waals surface area contributed by atoms with E-state index in [0.717, 1.165) is 0 Å². The van der Waals surface area contributed by atoms with Gasteiger partial charge in [-0.3, -0.25) is 24.2 Å². The van der Waals surface area contributed by atoms with Gasteiger partial charge in [-0.15, -0.1) is 0 Å². The molecule has 2 rings (SSSR count). The van der Waals surface area contributed by atoms with E-state index in [0.29, 0.717) is 24.9 Å². The number of carbonyl (C=O) groups is 5. The SMILES string of the molecule is COC(=O)[C@@H]1CCCN(C(=O)[C@H](Cc2cccc(OC(=O)OC(C)(C)C)c2)NC(=O)C(NC(C)=O)C(C)C)N1. The van der Waals surface area contributed by atoms with Crippen LogP contribution in [-0.2, 0) is 35.1 Å². The summed E-state index contributed by atoms with van der Waals surface area (Å²) in [5.41, 5.74) is 2.75. The highest BCUT2D eigenvalue weighted by molar-refractivity contribution is 5.92. The molecule has 1 saturated heterocycles. The minimum absolute atomic E-state index is 0.0437. The van der Waals surface area contributed by atoms with Crippen molar-refractivity contribution in [3.63, 3.8) is 0 Å². The number of esters is 1. The average molecular weight is 549 g/mol. The summed E-state index contributed by atoms with van der Waals surface area (Å²) in [5.74, 6) is -1.91. The monoisotopic (exact) mass is 548 g/mol. The molecule has 3 amide bonds. The maximum Gasteiger partial charge on any atom is 0.514 e. The lowest BCUT2D eigenvalue weighted by atomic mass is 10.0. The van der Waals surface area contributed by atoms with E-state index >= 15 is 0 Å². The predicted molar refractivity (Wildman–Crippen MR) is 141 cm³/mol. The number of carbonyl (C=O) groups excluding carboxylic acids is 5. The summed E-state index contributed by atoms with van der Waals surface area (Å²) in [6, 6.07) is 3.90. The van der Waals surface area contributed by atoms with Crippen LogP contribution < -0.4 is 20.8 Å². The van der Waals surface area contributed by atoms with Crippen LogP contribution in [0.2, 0.25) is 0 Å². The summed E-state index contributed by atoms with van der Waals surface area (Å²) in [6.45, 7) is 10.3. The molecule has 0 bridgehead atoms. The van der Waals surface area contributed by atoms with Crippen LogP contribution in [0.5, 0.6) is 5.75 Å².